The highest BCUT2D eigenvalue weighted by molar-refractivity contribution is 5.88. The van der Waals surface area contributed by atoms with E-state index in [1.165, 1.54) is 18.6 Å². The van der Waals surface area contributed by atoms with Crippen LogP contribution in [0, 0.1) is 5.82 Å². The van der Waals surface area contributed by atoms with Crippen molar-refractivity contribution in [3.63, 3.8) is 0 Å². The van der Waals surface area contributed by atoms with E-state index in [2.05, 4.69) is 5.32 Å². The van der Waals surface area contributed by atoms with Gasteiger partial charge in [0, 0.05) is 38.4 Å². The van der Waals surface area contributed by atoms with Gasteiger partial charge >= 0.3 is 0 Å². The van der Waals surface area contributed by atoms with Crippen LogP contribution in [0.3, 0.4) is 0 Å². The van der Waals surface area contributed by atoms with Gasteiger partial charge in [-0.15, -0.1) is 0 Å². The lowest BCUT2D eigenvalue weighted by Crippen LogP contribution is -2.52. The number of hydrogen-bond donors (Lipinski definition) is 1. The third-order valence-electron chi connectivity index (χ3n) is 5.94. The largest absolute Gasteiger partial charge is 0.381 e. The molecule has 3 aliphatic heterocycles. The zero-order valence-electron chi connectivity index (χ0n) is 14.0. The van der Waals surface area contributed by atoms with Crippen LogP contribution in [0.4, 0.5) is 4.39 Å². The number of carbonyl (C=O) groups excluding carboxylic acids is 1. The molecule has 0 aliphatic carbocycles. The van der Waals surface area contributed by atoms with Gasteiger partial charge in [0.1, 0.15) is 5.82 Å². The Bertz CT molecular complexity index is 615. The molecule has 3 saturated heterocycles. The lowest BCUT2D eigenvalue weighted by Gasteiger charge is -2.40. The van der Waals surface area contributed by atoms with Crippen LogP contribution in [-0.4, -0.2) is 49.2 Å². The SMILES string of the molecule is O=C(N1CCC2CCC(C1)N2)C1(c2cccc(F)c2)CCOCC1. The first-order valence-electron chi connectivity index (χ1n) is 9.07. The number of fused-ring (bicyclic) bond motifs is 2. The molecule has 0 saturated carbocycles. The third-order valence-corrected chi connectivity index (χ3v) is 5.94. The number of likely N-dealkylation sites (tertiary alicyclic amines) is 1. The van der Waals surface area contributed by atoms with Crippen molar-refractivity contribution in [2.75, 3.05) is 26.3 Å². The minimum Gasteiger partial charge on any atom is -0.381 e. The fourth-order valence-electron chi connectivity index (χ4n) is 4.56. The number of benzene rings is 1. The van der Waals surface area contributed by atoms with E-state index in [4.69, 9.17) is 4.74 Å². The summed E-state index contributed by atoms with van der Waals surface area (Å²) in [4.78, 5) is 15.6. The second kappa shape index (κ2) is 6.45. The molecule has 130 valence electrons. The molecule has 1 aromatic rings. The van der Waals surface area contributed by atoms with Crippen molar-refractivity contribution in [1.29, 1.82) is 0 Å². The Morgan fingerprint density at radius 3 is 2.79 bits per heavy atom. The summed E-state index contributed by atoms with van der Waals surface area (Å²) >= 11 is 0. The summed E-state index contributed by atoms with van der Waals surface area (Å²) in [7, 11) is 0. The second-order valence-electron chi connectivity index (χ2n) is 7.38. The van der Waals surface area contributed by atoms with Crippen LogP contribution in [-0.2, 0) is 14.9 Å². The second-order valence-corrected chi connectivity index (χ2v) is 7.38. The minimum atomic E-state index is -0.635. The highest BCUT2D eigenvalue weighted by atomic mass is 19.1. The first-order valence-corrected chi connectivity index (χ1v) is 9.07. The zero-order chi connectivity index (χ0) is 16.6. The molecule has 5 heteroatoms. The molecule has 0 aromatic heterocycles. The average molecular weight is 332 g/mol. The number of nitrogens with one attached hydrogen (secondary N) is 1. The lowest BCUT2D eigenvalue weighted by atomic mass is 9.72. The highest BCUT2D eigenvalue weighted by Crippen LogP contribution is 2.38. The Balaban J connectivity index is 1.64. The number of nitrogens with zero attached hydrogens (tertiary/aromatic N) is 1. The lowest BCUT2D eigenvalue weighted by molar-refractivity contribution is -0.141. The van der Waals surface area contributed by atoms with Gasteiger partial charge in [0.2, 0.25) is 5.91 Å². The predicted octanol–water partition coefficient (Wildman–Crippen LogP) is 2.23. The monoisotopic (exact) mass is 332 g/mol. The van der Waals surface area contributed by atoms with Crippen molar-refractivity contribution in [1.82, 2.24) is 10.2 Å². The van der Waals surface area contributed by atoms with Gasteiger partial charge in [-0.1, -0.05) is 12.1 Å². The summed E-state index contributed by atoms with van der Waals surface area (Å²) in [5, 5.41) is 3.62. The van der Waals surface area contributed by atoms with Gasteiger partial charge in [0.05, 0.1) is 5.41 Å². The number of halogens is 1. The number of ether oxygens (including phenoxy) is 1. The molecule has 3 aliphatic rings. The summed E-state index contributed by atoms with van der Waals surface area (Å²) < 4.78 is 19.3. The molecular weight excluding hydrogens is 307 g/mol. The smallest absolute Gasteiger partial charge is 0.233 e. The van der Waals surface area contributed by atoms with Crippen LogP contribution in [0.2, 0.25) is 0 Å². The van der Waals surface area contributed by atoms with Crippen molar-refractivity contribution in [2.45, 2.75) is 49.6 Å². The van der Waals surface area contributed by atoms with Crippen LogP contribution in [0.15, 0.2) is 24.3 Å². The fraction of sp³-hybridized carbons (Fsp3) is 0.632. The molecule has 4 nitrogen and oxygen atoms in total. The van der Waals surface area contributed by atoms with Crippen molar-refractivity contribution >= 4 is 5.91 Å². The fourth-order valence-corrected chi connectivity index (χ4v) is 4.56. The van der Waals surface area contributed by atoms with E-state index in [0.29, 0.717) is 38.1 Å². The van der Waals surface area contributed by atoms with E-state index in [-0.39, 0.29) is 11.7 Å². The van der Waals surface area contributed by atoms with Crippen LogP contribution < -0.4 is 5.32 Å². The molecule has 0 spiro atoms. The third kappa shape index (κ3) is 2.84. The Kier molecular flexibility index (Phi) is 4.31. The molecule has 2 unspecified atom stereocenters. The normalized spacial score (nSPS) is 29.3. The Morgan fingerprint density at radius 2 is 2.00 bits per heavy atom. The van der Waals surface area contributed by atoms with Gasteiger partial charge in [0.15, 0.2) is 0 Å². The Morgan fingerprint density at radius 1 is 1.21 bits per heavy atom. The molecule has 4 rings (SSSR count). The predicted molar refractivity (Wildman–Crippen MR) is 89.3 cm³/mol. The highest BCUT2D eigenvalue weighted by Gasteiger charge is 2.45. The minimum absolute atomic E-state index is 0.158. The van der Waals surface area contributed by atoms with Gasteiger partial charge in [-0.25, -0.2) is 4.39 Å². The molecule has 1 aromatic carbocycles. The standard InChI is InChI=1S/C19H25FN2O2/c20-15-3-1-2-14(12-15)19(7-10-24-11-8-19)18(23)22-9-6-16-4-5-17(13-22)21-16/h1-3,12,16-17,21H,4-11,13H2. The van der Waals surface area contributed by atoms with Gasteiger partial charge in [-0.05, 0) is 49.8 Å². The van der Waals surface area contributed by atoms with E-state index in [1.54, 1.807) is 6.07 Å². The number of hydrogen-bond acceptors (Lipinski definition) is 3. The first-order chi connectivity index (χ1) is 11.7. The number of amides is 1. The van der Waals surface area contributed by atoms with Crippen molar-refractivity contribution in [3.05, 3.63) is 35.6 Å². The summed E-state index contributed by atoms with van der Waals surface area (Å²) in [5.41, 5.74) is 0.169. The van der Waals surface area contributed by atoms with E-state index >= 15 is 0 Å². The molecule has 1 amide bonds. The summed E-state index contributed by atoms with van der Waals surface area (Å²) in [5.74, 6) is -0.117. The van der Waals surface area contributed by atoms with Gasteiger partial charge in [-0.2, -0.15) is 0 Å². The average Bonchev–Trinajstić information content (AvgIpc) is 2.94. The maximum Gasteiger partial charge on any atom is 0.233 e. The summed E-state index contributed by atoms with van der Waals surface area (Å²) in [6.07, 6.45) is 4.64. The van der Waals surface area contributed by atoms with Crippen molar-refractivity contribution < 1.29 is 13.9 Å². The summed E-state index contributed by atoms with van der Waals surface area (Å²) in [6, 6.07) is 7.54. The van der Waals surface area contributed by atoms with E-state index in [1.807, 2.05) is 11.0 Å². The van der Waals surface area contributed by atoms with Crippen molar-refractivity contribution in [2.24, 2.45) is 0 Å². The Labute approximate surface area is 142 Å². The number of rotatable bonds is 2. The first kappa shape index (κ1) is 16.0. The van der Waals surface area contributed by atoms with Crippen LogP contribution in [0.25, 0.3) is 0 Å². The quantitative estimate of drug-likeness (QED) is 0.903. The van der Waals surface area contributed by atoms with Gasteiger partial charge in [-0.3, -0.25) is 4.79 Å². The topological polar surface area (TPSA) is 41.6 Å². The van der Waals surface area contributed by atoms with Crippen LogP contribution in [0.1, 0.15) is 37.7 Å². The zero-order valence-corrected chi connectivity index (χ0v) is 14.0. The molecule has 2 atom stereocenters. The molecular formula is C19H25FN2O2. The van der Waals surface area contributed by atoms with Gasteiger partial charge in [0.25, 0.3) is 0 Å². The molecule has 1 N–H and O–H groups in total. The molecule has 0 radical (unpaired) electrons. The maximum absolute atomic E-state index is 13.8. The van der Waals surface area contributed by atoms with E-state index < -0.39 is 5.41 Å². The van der Waals surface area contributed by atoms with E-state index in [0.717, 1.165) is 31.5 Å². The molecule has 2 bridgehead atoms. The van der Waals surface area contributed by atoms with Crippen LogP contribution in [0.5, 0.6) is 0 Å². The number of carbonyl (C=O) groups is 1. The Hall–Kier alpha value is -1.46. The molecule has 3 heterocycles. The van der Waals surface area contributed by atoms with Crippen LogP contribution >= 0.6 is 0 Å². The molecule has 24 heavy (non-hydrogen) atoms. The van der Waals surface area contributed by atoms with E-state index in [9.17, 15) is 9.18 Å². The van der Waals surface area contributed by atoms with Gasteiger partial charge < -0.3 is 15.0 Å². The van der Waals surface area contributed by atoms with Crippen molar-refractivity contribution in [3.8, 4) is 0 Å². The molecule has 3 fully saturated rings. The summed E-state index contributed by atoms with van der Waals surface area (Å²) in [6.45, 7) is 2.68. The maximum atomic E-state index is 13.8.